The van der Waals surface area contributed by atoms with Crippen molar-refractivity contribution in [3.8, 4) is 0 Å². The van der Waals surface area contributed by atoms with Gasteiger partial charge in [0.25, 0.3) is 0 Å². The van der Waals surface area contributed by atoms with Crippen molar-refractivity contribution in [1.82, 2.24) is 0 Å². The second-order valence-corrected chi connectivity index (χ2v) is 3.59. The highest BCUT2D eigenvalue weighted by molar-refractivity contribution is 8.49. The van der Waals surface area contributed by atoms with Crippen molar-refractivity contribution in [3.63, 3.8) is 0 Å². The molecule has 0 saturated heterocycles. The monoisotopic (exact) mass is 124 g/mol. The maximum Gasteiger partial charge on any atom is 0.384 e. The predicted molar refractivity (Wildman–Crippen MR) is 25.7 cm³/mol. The molecule has 0 aliphatic carbocycles. The minimum absolute atomic E-state index is 0.651. The summed E-state index contributed by atoms with van der Waals surface area (Å²) in [5, 5.41) is 0. The summed E-state index contributed by atoms with van der Waals surface area (Å²) in [5.74, 6) is 0.651. The Morgan fingerprint density at radius 2 is 2.50 bits per heavy atom. The van der Waals surface area contributed by atoms with Gasteiger partial charge in [-0.3, -0.25) is 0 Å². The molecule has 0 radical (unpaired) electrons. The molecule has 6 heavy (non-hydrogen) atoms. The summed E-state index contributed by atoms with van der Waals surface area (Å²) in [6.45, 7) is 1.80. The minimum atomic E-state index is -2.18. The molecule has 0 aromatic heterocycles. The normalized spacial score (nSPS) is 11.3. The van der Waals surface area contributed by atoms with Crippen LogP contribution >= 0.6 is 18.6 Å². The van der Waals surface area contributed by atoms with Gasteiger partial charge in [-0.1, -0.05) is 11.5 Å². The van der Waals surface area contributed by atoms with E-state index in [1.54, 1.807) is 6.92 Å². The first-order chi connectivity index (χ1) is 2.77. The Morgan fingerprint density at radius 1 is 2.00 bits per heavy atom. The van der Waals surface area contributed by atoms with E-state index >= 15 is 0 Å². The smallest absolute Gasteiger partial charge is 0.384 e. The fourth-order valence-electron chi connectivity index (χ4n) is 0.105. The second kappa shape index (κ2) is 3.59. The van der Waals surface area contributed by atoms with Gasteiger partial charge < -0.3 is 4.89 Å². The van der Waals surface area contributed by atoms with Crippen LogP contribution in [-0.4, -0.2) is 5.75 Å². The molecule has 0 aliphatic rings. The summed E-state index contributed by atoms with van der Waals surface area (Å²) >= 11 is 0.940. The standard InChI is InChI=1S/C2H5O2PS/c1-2-6-5(3)4/h2H2,1H3. The number of rotatable bonds is 2. The first kappa shape index (κ1) is 6.41. The van der Waals surface area contributed by atoms with E-state index in [4.69, 9.17) is 0 Å². The van der Waals surface area contributed by atoms with Gasteiger partial charge >= 0.3 is 7.23 Å². The van der Waals surface area contributed by atoms with E-state index < -0.39 is 7.23 Å². The van der Waals surface area contributed by atoms with Gasteiger partial charge in [0, 0.05) is 5.75 Å². The molecule has 0 aliphatic heterocycles. The highest BCUT2D eigenvalue weighted by atomic mass is 32.7. The molecule has 1 unspecified atom stereocenters. The topological polar surface area (TPSA) is 40.1 Å². The Hall–Kier alpha value is 0.410. The quantitative estimate of drug-likeness (QED) is 0.510. The molecule has 0 bridgehead atoms. The first-order valence-corrected chi connectivity index (χ1v) is 4.31. The Bertz CT molecular complexity index is 55.5. The van der Waals surface area contributed by atoms with Crippen molar-refractivity contribution in [2.45, 2.75) is 6.92 Å². The molecule has 36 valence electrons. The second-order valence-electron chi connectivity index (χ2n) is 0.641. The lowest BCUT2D eigenvalue weighted by atomic mass is 11.0. The largest absolute Gasteiger partial charge is 0.585 e. The van der Waals surface area contributed by atoms with E-state index in [0.29, 0.717) is 5.75 Å². The number of hydrogen-bond acceptors (Lipinski definition) is 3. The van der Waals surface area contributed by atoms with E-state index in [1.807, 2.05) is 0 Å². The van der Waals surface area contributed by atoms with Crippen molar-refractivity contribution in [2.75, 3.05) is 5.75 Å². The zero-order chi connectivity index (χ0) is 4.99. The molecule has 0 heterocycles. The highest BCUT2D eigenvalue weighted by Gasteiger charge is 1.94. The van der Waals surface area contributed by atoms with Gasteiger partial charge in [0.05, 0.1) is 0 Å². The molecule has 0 aromatic carbocycles. The van der Waals surface area contributed by atoms with Crippen LogP contribution in [0.3, 0.4) is 0 Å². The van der Waals surface area contributed by atoms with Crippen LogP contribution in [0.5, 0.6) is 0 Å². The molecular formula is C2H5O2PS. The summed E-state index contributed by atoms with van der Waals surface area (Å²) in [6, 6.07) is 0. The summed E-state index contributed by atoms with van der Waals surface area (Å²) in [4.78, 5) is 9.60. The molecule has 1 atom stereocenters. The average molecular weight is 124 g/mol. The van der Waals surface area contributed by atoms with Gasteiger partial charge in [-0.2, -0.15) is 0 Å². The van der Waals surface area contributed by atoms with Crippen LogP contribution in [0.25, 0.3) is 0 Å². The summed E-state index contributed by atoms with van der Waals surface area (Å²) in [5.41, 5.74) is 0. The van der Waals surface area contributed by atoms with E-state index in [2.05, 4.69) is 0 Å². The van der Waals surface area contributed by atoms with Gasteiger partial charge in [-0.05, 0) is 0 Å². The SMILES string of the molecule is CCS[P+](=O)[O-]. The Balaban J connectivity index is 2.83. The van der Waals surface area contributed by atoms with Crippen LogP contribution in [0, 0.1) is 0 Å². The van der Waals surface area contributed by atoms with Crippen molar-refractivity contribution >= 4 is 18.6 Å². The molecule has 0 amide bonds. The zero-order valence-corrected chi connectivity index (χ0v) is 5.09. The fourth-order valence-corrected chi connectivity index (χ4v) is 0.949. The molecular weight excluding hydrogens is 119 g/mol. The van der Waals surface area contributed by atoms with Crippen molar-refractivity contribution in [1.29, 1.82) is 0 Å². The fraction of sp³-hybridized carbons (Fsp3) is 1.00. The third kappa shape index (κ3) is 4.41. The lowest BCUT2D eigenvalue weighted by molar-refractivity contribution is -0.157. The van der Waals surface area contributed by atoms with Crippen LogP contribution in [-0.2, 0) is 4.57 Å². The lowest BCUT2D eigenvalue weighted by Crippen LogP contribution is -1.78. The van der Waals surface area contributed by atoms with Gasteiger partial charge in [-0.15, -0.1) is 0 Å². The molecule has 4 heteroatoms. The summed E-state index contributed by atoms with van der Waals surface area (Å²) in [7, 11) is -2.18. The van der Waals surface area contributed by atoms with E-state index in [0.717, 1.165) is 11.4 Å². The Morgan fingerprint density at radius 3 is 2.50 bits per heavy atom. The zero-order valence-electron chi connectivity index (χ0n) is 3.38. The van der Waals surface area contributed by atoms with Crippen molar-refractivity contribution < 1.29 is 9.46 Å². The van der Waals surface area contributed by atoms with Gasteiger partial charge in [-0.25, -0.2) is 0 Å². The molecule has 0 N–H and O–H groups in total. The molecule has 0 rings (SSSR count). The van der Waals surface area contributed by atoms with Crippen LogP contribution in [0.15, 0.2) is 0 Å². The Kier molecular flexibility index (Phi) is 3.84. The van der Waals surface area contributed by atoms with E-state index in [1.165, 1.54) is 0 Å². The van der Waals surface area contributed by atoms with Gasteiger partial charge in [0.2, 0.25) is 0 Å². The third-order valence-corrected chi connectivity index (χ3v) is 2.11. The van der Waals surface area contributed by atoms with Crippen molar-refractivity contribution in [3.05, 3.63) is 0 Å². The van der Waals surface area contributed by atoms with E-state index in [-0.39, 0.29) is 0 Å². The lowest BCUT2D eigenvalue weighted by Gasteiger charge is -1.74. The van der Waals surface area contributed by atoms with Crippen LogP contribution in [0.1, 0.15) is 6.92 Å². The summed E-state index contributed by atoms with van der Waals surface area (Å²) < 4.78 is 9.60. The molecule has 0 aromatic rings. The maximum absolute atomic E-state index is 9.60. The maximum atomic E-state index is 9.60. The van der Waals surface area contributed by atoms with Crippen LogP contribution in [0.4, 0.5) is 0 Å². The summed E-state index contributed by atoms with van der Waals surface area (Å²) in [6.07, 6.45) is 0. The average Bonchev–Trinajstić information content (AvgIpc) is 1.35. The highest BCUT2D eigenvalue weighted by Crippen LogP contribution is 2.26. The third-order valence-electron chi connectivity index (χ3n) is 0.235. The molecule has 0 fully saturated rings. The molecule has 2 nitrogen and oxygen atoms in total. The molecule has 0 saturated carbocycles. The van der Waals surface area contributed by atoms with Gasteiger partial charge in [0.1, 0.15) is 11.4 Å². The van der Waals surface area contributed by atoms with Crippen LogP contribution < -0.4 is 4.89 Å². The Labute approximate surface area is 41.6 Å². The minimum Gasteiger partial charge on any atom is -0.585 e. The van der Waals surface area contributed by atoms with E-state index in [9.17, 15) is 9.46 Å². The predicted octanol–water partition coefficient (Wildman–Crippen LogP) is 0.757. The first-order valence-electron chi connectivity index (χ1n) is 1.54. The molecule has 0 spiro atoms. The van der Waals surface area contributed by atoms with Crippen LogP contribution in [0.2, 0.25) is 0 Å². The number of hydrogen-bond donors (Lipinski definition) is 0. The van der Waals surface area contributed by atoms with Gasteiger partial charge in [0.15, 0.2) is 0 Å². The van der Waals surface area contributed by atoms with Crippen molar-refractivity contribution in [2.24, 2.45) is 0 Å².